The molecule has 0 aliphatic heterocycles. The van der Waals surface area contributed by atoms with Gasteiger partial charge in [0, 0.05) is 6.20 Å². The van der Waals surface area contributed by atoms with Gasteiger partial charge in [-0.05, 0) is 13.0 Å². The van der Waals surface area contributed by atoms with Gasteiger partial charge in [0.05, 0.1) is 0 Å². The molecule has 1 heterocycles. The van der Waals surface area contributed by atoms with Crippen LogP contribution in [0.2, 0.25) is 0 Å². The molecule has 0 fully saturated rings. The Kier molecular flexibility index (Phi) is 2.10. The normalized spacial score (nSPS) is 14.8. The van der Waals surface area contributed by atoms with Crippen LogP contribution in [0.25, 0.3) is 0 Å². The summed E-state index contributed by atoms with van der Waals surface area (Å²) in [7, 11) is 0. The Hall–Kier alpha value is -1.04. The van der Waals surface area contributed by atoms with E-state index in [9.17, 15) is 13.2 Å². The van der Waals surface area contributed by atoms with Crippen molar-refractivity contribution < 1.29 is 18.3 Å². The maximum Gasteiger partial charge on any atom is 0.435 e. The molecular weight excluding hydrogens is 173 g/mol. The first kappa shape index (κ1) is 9.05. The first-order chi connectivity index (χ1) is 5.41. The molecule has 1 unspecified atom stereocenters. The minimum absolute atomic E-state index is 0.812. The van der Waals surface area contributed by atoms with Gasteiger partial charge in [-0.2, -0.15) is 18.3 Å². The molecule has 0 saturated carbocycles. The van der Waals surface area contributed by atoms with E-state index in [0.717, 1.165) is 16.9 Å². The number of aliphatic hydroxyl groups is 1. The molecule has 0 aromatic carbocycles. The summed E-state index contributed by atoms with van der Waals surface area (Å²) in [6, 6.07) is 0.812. The molecule has 0 aliphatic carbocycles. The lowest BCUT2D eigenvalue weighted by molar-refractivity contribution is -0.141. The van der Waals surface area contributed by atoms with Gasteiger partial charge in [-0.1, -0.05) is 0 Å². The van der Waals surface area contributed by atoms with Crippen LogP contribution in [0.1, 0.15) is 18.8 Å². The quantitative estimate of drug-likeness (QED) is 0.709. The summed E-state index contributed by atoms with van der Waals surface area (Å²) in [4.78, 5) is 0. The van der Waals surface area contributed by atoms with Gasteiger partial charge in [0.15, 0.2) is 5.69 Å². The lowest BCUT2D eigenvalue weighted by Crippen LogP contribution is -2.09. The maximum absolute atomic E-state index is 11.9. The van der Waals surface area contributed by atoms with Crippen LogP contribution in [0.3, 0.4) is 0 Å². The third-order valence-corrected chi connectivity index (χ3v) is 1.28. The minimum Gasteiger partial charge on any atom is -0.372 e. The van der Waals surface area contributed by atoms with E-state index in [1.54, 1.807) is 0 Å². The number of hydrogen-bond acceptors (Lipinski definition) is 2. The molecular formula is C6H7F3N2O. The Morgan fingerprint density at radius 1 is 1.58 bits per heavy atom. The summed E-state index contributed by atoms with van der Waals surface area (Å²) >= 11 is 0. The summed E-state index contributed by atoms with van der Waals surface area (Å²) in [5, 5.41) is 12.0. The highest BCUT2D eigenvalue weighted by Gasteiger charge is 2.33. The largest absolute Gasteiger partial charge is 0.435 e. The predicted octanol–water partition coefficient (Wildman–Crippen LogP) is 1.41. The molecule has 68 valence electrons. The molecule has 0 radical (unpaired) electrons. The van der Waals surface area contributed by atoms with Gasteiger partial charge in [-0.15, -0.1) is 0 Å². The van der Waals surface area contributed by atoms with Crippen molar-refractivity contribution in [1.29, 1.82) is 0 Å². The van der Waals surface area contributed by atoms with Gasteiger partial charge in [0.2, 0.25) is 0 Å². The van der Waals surface area contributed by atoms with Crippen LogP contribution in [0, 0.1) is 0 Å². The summed E-state index contributed by atoms with van der Waals surface area (Å²) in [5.74, 6) is 0. The van der Waals surface area contributed by atoms with Gasteiger partial charge in [-0.3, -0.25) is 0 Å². The third-order valence-electron chi connectivity index (χ3n) is 1.28. The van der Waals surface area contributed by atoms with Gasteiger partial charge in [0.1, 0.15) is 6.23 Å². The van der Waals surface area contributed by atoms with Crippen LogP contribution in [-0.4, -0.2) is 14.9 Å². The monoisotopic (exact) mass is 180 g/mol. The van der Waals surface area contributed by atoms with Crippen molar-refractivity contribution in [3.05, 3.63) is 18.0 Å². The molecule has 0 spiro atoms. The molecule has 1 atom stereocenters. The molecule has 0 aliphatic rings. The molecule has 3 nitrogen and oxygen atoms in total. The van der Waals surface area contributed by atoms with E-state index in [2.05, 4.69) is 5.10 Å². The van der Waals surface area contributed by atoms with Crippen molar-refractivity contribution in [2.24, 2.45) is 0 Å². The first-order valence-electron chi connectivity index (χ1n) is 3.21. The van der Waals surface area contributed by atoms with E-state index in [1.165, 1.54) is 6.92 Å². The summed E-state index contributed by atoms with van der Waals surface area (Å²) in [6.45, 7) is 1.33. The molecule has 1 aromatic rings. The van der Waals surface area contributed by atoms with Crippen molar-refractivity contribution in [2.75, 3.05) is 0 Å². The van der Waals surface area contributed by atoms with E-state index in [4.69, 9.17) is 5.11 Å². The van der Waals surface area contributed by atoms with Crippen molar-refractivity contribution in [3.8, 4) is 0 Å². The highest BCUT2D eigenvalue weighted by Crippen LogP contribution is 2.27. The average Bonchev–Trinajstić information content (AvgIpc) is 2.30. The van der Waals surface area contributed by atoms with Crippen LogP contribution in [-0.2, 0) is 6.18 Å². The summed E-state index contributed by atoms with van der Waals surface area (Å²) in [6.07, 6.45) is -4.41. The number of rotatable bonds is 1. The van der Waals surface area contributed by atoms with Gasteiger partial charge < -0.3 is 5.11 Å². The number of aromatic nitrogens is 2. The molecule has 1 N–H and O–H groups in total. The topological polar surface area (TPSA) is 38.0 Å². The summed E-state index contributed by atoms with van der Waals surface area (Å²) in [5.41, 5.74) is -0.997. The zero-order valence-electron chi connectivity index (χ0n) is 6.21. The average molecular weight is 180 g/mol. The fourth-order valence-corrected chi connectivity index (χ4v) is 0.697. The third kappa shape index (κ3) is 1.76. The highest BCUT2D eigenvalue weighted by atomic mass is 19.4. The van der Waals surface area contributed by atoms with E-state index >= 15 is 0 Å². The molecule has 6 heteroatoms. The van der Waals surface area contributed by atoms with Gasteiger partial charge in [-0.25, -0.2) is 4.68 Å². The number of aliphatic hydroxyl groups excluding tert-OH is 1. The second kappa shape index (κ2) is 2.78. The van der Waals surface area contributed by atoms with Gasteiger partial charge in [0.25, 0.3) is 0 Å². The lowest BCUT2D eigenvalue weighted by Gasteiger charge is -2.04. The molecule has 0 bridgehead atoms. The minimum atomic E-state index is -4.44. The van der Waals surface area contributed by atoms with Crippen LogP contribution >= 0.6 is 0 Å². The highest BCUT2D eigenvalue weighted by molar-refractivity contribution is 5.03. The molecule has 0 amide bonds. The Balaban J connectivity index is 2.92. The Morgan fingerprint density at radius 2 is 2.17 bits per heavy atom. The number of halogens is 3. The molecule has 1 aromatic heterocycles. The first-order valence-corrected chi connectivity index (χ1v) is 3.21. The smallest absolute Gasteiger partial charge is 0.372 e. The van der Waals surface area contributed by atoms with Crippen molar-refractivity contribution in [1.82, 2.24) is 9.78 Å². The van der Waals surface area contributed by atoms with Crippen LogP contribution in [0.15, 0.2) is 12.3 Å². The lowest BCUT2D eigenvalue weighted by atomic mass is 10.4. The van der Waals surface area contributed by atoms with Crippen LogP contribution in [0.4, 0.5) is 13.2 Å². The number of alkyl halides is 3. The molecule has 1 rings (SSSR count). The zero-order valence-corrected chi connectivity index (χ0v) is 6.21. The number of hydrogen-bond donors (Lipinski definition) is 1. The Morgan fingerprint density at radius 3 is 2.42 bits per heavy atom. The van der Waals surface area contributed by atoms with E-state index in [-0.39, 0.29) is 0 Å². The van der Waals surface area contributed by atoms with Crippen LogP contribution in [0.5, 0.6) is 0 Å². The maximum atomic E-state index is 11.9. The SMILES string of the molecule is CC(O)n1ccc(C(F)(F)F)n1. The van der Waals surface area contributed by atoms with E-state index < -0.39 is 18.1 Å². The van der Waals surface area contributed by atoms with E-state index in [1.807, 2.05) is 0 Å². The molecule has 0 saturated heterocycles. The Bertz CT molecular complexity index is 266. The standard InChI is InChI=1S/C6H7F3N2O/c1-4(12)11-3-2-5(10-11)6(7,8)9/h2-4,12H,1H3. The second-order valence-corrected chi connectivity index (χ2v) is 2.31. The predicted molar refractivity (Wildman–Crippen MR) is 34.2 cm³/mol. The second-order valence-electron chi connectivity index (χ2n) is 2.31. The Labute approximate surface area is 66.4 Å². The van der Waals surface area contributed by atoms with Crippen molar-refractivity contribution >= 4 is 0 Å². The van der Waals surface area contributed by atoms with Gasteiger partial charge >= 0.3 is 6.18 Å². The molecule has 12 heavy (non-hydrogen) atoms. The fourth-order valence-electron chi connectivity index (χ4n) is 0.697. The fraction of sp³-hybridized carbons (Fsp3) is 0.500. The van der Waals surface area contributed by atoms with E-state index in [0.29, 0.717) is 0 Å². The van der Waals surface area contributed by atoms with Crippen molar-refractivity contribution in [2.45, 2.75) is 19.3 Å². The summed E-state index contributed by atoms with van der Waals surface area (Å²) < 4.78 is 36.6. The number of nitrogens with zero attached hydrogens (tertiary/aromatic N) is 2. The van der Waals surface area contributed by atoms with Crippen molar-refractivity contribution in [3.63, 3.8) is 0 Å². The zero-order chi connectivity index (χ0) is 9.35. The van der Waals surface area contributed by atoms with Crippen LogP contribution < -0.4 is 0 Å².